The standard InChI is InChI=1S/C19H15Cl2F2N3O2/c1-10-3-14(20)15(21)7-16(10)24-19-25-18(27)17(28-2)9-26(19)8-11-4-12(22)6-13(23)5-11/h3-7,9H,8H2,1-2H3,(H,24,25,27). The van der Waals surface area contributed by atoms with E-state index in [1.165, 1.54) is 30.0 Å². The number of hydrogen-bond acceptors (Lipinski definition) is 4. The molecule has 28 heavy (non-hydrogen) atoms. The van der Waals surface area contributed by atoms with E-state index < -0.39 is 17.2 Å². The first kappa shape index (κ1) is 20.1. The van der Waals surface area contributed by atoms with Gasteiger partial charge in [0.2, 0.25) is 11.7 Å². The Morgan fingerprint density at radius 2 is 1.75 bits per heavy atom. The van der Waals surface area contributed by atoms with Gasteiger partial charge in [-0.2, -0.15) is 4.98 Å². The molecule has 3 aromatic rings. The second-order valence-electron chi connectivity index (χ2n) is 6.05. The topological polar surface area (TPSA) is 56.1 Å². The molecule has 0 radical (unpaired) electrons. The Balaban J connectivity index is 2.06. The van der Waals surface area contributed by atoms with Crippen LogP contribution in [0.2, 0.25) is 10.0 Å². The lowest BCUT2D eigenvalue weighted by Gasteiger charge is -2.17. The van der Waals surface area contributed by atoms with Crippen LogP contribution >= 0.6 is 23.2 Å². The van der Waals surface area contributed by atoms with Crippen molar-refractivity contribution in [3.63, 3.8) is 0 Å². The van der Waals surface area contributed by atoms with Crippen molar-refractivity contribution in [2.24, 2.45) is 0 Å². The van der Waals surface area contributed by atoms with Crippen LogP contribution in [0, 0.1) is 18.6 Å². The van der Waals surface area contributed by atoms with Crippen molar-refractivity contribution in [2.75, 3.05) is 12.4 Å². The van der Waals surface area contributed by atoms with Gasteiger partial charge in [0.05, 0.1) is 29.9 Å². The van der Waals surface area contributed by atoms with Crippen LogP contribution in [0.25, 0.3) is 0 Å². The highest BCUT2D eigenvalue weighted by atomic mass is 35.5. The van der Waals surface area contributed by atoms with Crippen LogP contribution in [0.15, 0.2) is 41.3 Å². The summed E-state index contributed by atoms with van der Waals surface area (Å²) in [4.78, 5) is 16.1. The number of anilines is 2. The number of methoxy groups -OCH3 is 1. The van der Waals surface area contributed by atoms with Gasteiger partial charge in [-0.25, -0.2) is 8.78 Å². The van der Waals surface area contributed by atoms with E-state index in [-0.39, 0.29) is 18.2 Å². The SMILES string of the molecule is COc1cn(Cc2cc(F)cc(F)c2)c(Nc2cc(Cl)c(Cl)cc2C)nc1=O. The summed E-state index contributed by atoms with van der Waals surface area (Å²) in [6.07, 6.45) is 1.41. The normalized spacial score (nSPS) is 10.8. The first-order valence-corrected chi connectivity index (χ1v) is 8.85. The van der Waals surface area contributed by atoms with E-state index in [4.69, 9.17) is 27.9 Å². The smallest absolute Gasteiger partial charge is 0.316 e. The zero-order valence-corrected chi connectivity index (χ0v) is 16.4. The van der Waals surface area contributed by atoms with Crippen LogP contribution < -0.4 is 15.6 Å². The summed E-state index contributed by atoms with van der Waals surface area (Å²) in [5, 5.41) is 3.73. The maximum Gasteiger partial charge on any atom is 0.316 e. The molecule has 0 saturated carbocycles. The quantitative estimate of drug-likeness (QED) is 0.628. The fourth-order valence-electron chi connectivity index (χ4n) is 2.63. The van der Waals surface area contributed by atoms with E-state index in [1.807, 2.05) is 0 Å². The van der Waals surface area contributed by atoms with Gasteiger partial charge in [0.25, 0.3) is 0 Å². The monoisotopic (exact) mass is 425 g/mol. The zero-order chi connectivity index (χ0) is 20.4. The molecular weight excluding hydrogens is 411 g/mol. The van der Waals surface area contributed by atoms with E-state index in [1.54, 1.807) is 19.1 Å². The van der Waals surface area contributed by atoms with E-state index in [0.29, 0.717) is 21.3 Å². The average Bonchev–Trinajstić information content (AvgIpc) is 2.61. The molecule has 0 amide bonds. The Morgan fingerprint density at radius 3 is 2.39 bits per heavy atom. The maximum absolute atomic E-state index is 13.5. The maximum atomic E-state index is 13.5. The highest BCUT2D eigenvalue weighted by Crippen LogP contribution is 2.30. The number of nitrogens with one attached hydrogen (secondary N) is 1. The molecular formula is C19H15Cl2F2N3O2. The predicted octanol–water partition coefficient (Wildman–Crippen LogP) is 4.94. The third-order valence-electron chi connectivity index (χ3n) is 3.97. The molecule has 2 aromatic carbocycles. The molecule has 1 heterocycles. The second kappa shape index (κ2) is 8.16. The number of halogens is 4. The predicted molar refractivity (Wildman–Crippen MR) is 105 cm³/mol. The van der Waals surface area contributed by atoms with Gasteiger partial charge >= 0.3 is 5.56 Å². The van der Waals surface area contributed by atoms with E-state index in [2.05, 4.69) is 10.3 Å². The minimum Gasteiger partial charge on any atom is -0.490 e. The molecule has 5 nitrogen and oxygen atoms in total. The Morgan fingerprint density at radius 1 is 1.11 bits per heavy atom. The molecule has 1 N–H and O–H groups in total. The van der Waals surface area contributed by atoms with Gasteiger partial charge in [-0.15, -0.1) is 0 Å². The molecule has 0 aliphatic rings. The summed E-state index contributed by atoms with van der Waals surface area (Å²) in [6.45, 7) is 1.85. The molecule has 0 spiro atoms. The van der Waals surface area contributed by atoms with Crippen LogP contribution in [0.3, 0.4) is 0 Å². The van der Waals surface area contributed by atoms with Crippen LogP contribution in [-0.4, -0.2) is 16.7 Å². The first-order chi connectivity index (χ1) is 13.3. The third-order valence-corrected chi connectivity index (χ3v) is 4.69. The molecule has 0 aliphatic carbocycles. The van der Waals surface area contributed by atoms with Crippen molar-refractivity contribution in [1.29, 1.82) is 0 Å². The third kappa shape index (κ3) is 4.43. The van der Waals surface area contributed by atoms with E-state index in [0.717, 1.165) is 11.6 Å². The molecule has 0 aliphatic heterocycles. The van der Waals surface area contributed by atoms with Crippen LogP contribution in [0.5, 0.6) is 5.75 Å². The molecule has 146 valence electrons. The minimum absolute atomic E-state index is 0.00622. The van der Waals surface area contributed by atoms with Crippen molar-refractivity contribution in [3.05, 3.63) is 79.7 Å². The molecule has 0 unspecified atom stereocenters. The molecule has 3 rings (SSSR count). The molecule has 0 saturated heterocycles. The molecule has 9 heteroatoms. The zero-order valence-electron chi connectivity index (χ0n) is 14.9. The number of hydrogen-bond donors (Lipinski definition) is 1. The van der Waals surface area contributed by atoms with Gasteiger partial charge in [0, 0.05) is 11.8 Å². The van der Waals surface area contributed by atoms with Gasteiger partial charge in [0.15, 0.2) is 0 Å². The van der Waals surface area contributed by atoms with Crippen LogP contribution in [0.4, 0.5) is 20.4 Å². The Kier molecular flexibility index (Phi) is 5.86. The fraction of sp³-hybridized carbons (Fsp3) is 0.158. The summed E-state index contributed by atoms with van der Waals surface area (Å²) in [7, 11) is 1.33. The lowest BCUT2D eigenvalue weighted by molar-refractivity contribution is 0.402. The van der Waals surface area contributed by atoms with Crippen molar-refractivity contribution >= 4 is 34.8 Å². The lowest BCUT2D eigenvalue weighted by atomic mass is 10.2. The van der Waals surface area contributed by atoms with Crippen molar-refractivity contribution in [1.82, 2.24) is 9.55 Å². The van der Waals surface area contributed by atoms with Gasteiger partial charge in [-0.3, -0.25) is 4.79 Å². The van der Waals surface area contributed by atoms with Crippen LogP contribution in [0.1, 0.15) is 11.1 Å². The molecule has 0 atom stereocenters. The molecule has 0 bridgehead atoms. The van der Waals surface area contributed by atoms with Crippen molar-refractivity contribution in [2.45, 2.75) is 13.5 Å². The van der Waals surface area contributed by atoms with Crippen molar-refractivity contribution < 1.29 is 13.5 Å². The number of aryl methyl sites for hydroxylation is 1. The van der Waals surface area contributed by atoms with E-state index in [9.17, 15) is 13.6 Å². The average molecular weight is 426 g/mol. The largest absolute Gasteiger partial charge is 0.490 e. The van der Waals surface area contributed by atoms with Gasteiger partial charge in [0.1, 0.15) is 11.6 Å². The Hall–Kier alpha value is -2.64. The summed E-state index contributed by atoms with van der Waals surface area (Å²) in [5.74, 6) is -1.26. The summed E-state index contributed by atoms with van der Waals surface area (Å²) >= 11 is 12.1. The lowest BCUT2D eigenvalue weighted by Crippen LogP contribution is -2.19. The Bertz CT molecular complexity index is 1080. The number of rotatable bonds is 5. The number of ether oxygens (including phenoxy) is 1. The molecule has 0 fully saturated rings. The summed E-state index contributed by atoms with van der Waals surface area (Å²) < 4.78 is 33.6. The second-order valence-corrected chi connectivity index (χ2v) is 6.86. The van der Waals surface area contributed by atoms with Gasteiger partial charge < -0.3 is 14.6 Å². The van der Waals surface area contributed by atoms with Gasteiger partial charge in [-0.05, 0) is 42.3 Å². The van der Waals surface area contributed by atoms with Crippen LogP contribution in [-0.2, 0) is 6.54 Å². The first-order valence-electron chi connectivity index (χ1n) is 8.10. The highest BCUT2D eigenvalue weighted by molar-refractivity contribution is 6.42. The van der Waals surface area contributed by atoms with Crippen molar-refractivity contribution in [3.8, 4) is 5.75 Å². The Labute approximate surface area is 169 Å². The fourth-order valence-corrected chi connectivity index (χ4v) is 3.02. The number of aromatic nitrogens is 2. The molecule has 1 aromatic heterocycles. The summed E-state index contributed by atoms with van der Waals surface area (Å²) in [5.41, 5.74) is 1.09. The summed E-state index contributed by atoms with van der Waals surface area (Å²) in [6, 6.07) is 6.44. The highest BCUT2D eigenvalue weighted by Gasteiger charge is 2.13. The number of nitrogens with zero attached hydrogens (tertiary/aromatic N) is 2. The minimum atomic E-state index is -0.703. The van der Waals surface area contributed by atoms with Gasteiger partial charge in [-0.1, -0.05) is 23.2 Å². The van der Waals surface area contributed by atoms with E-state index >= 15 is 0 Å². The number of benzene rings is 2.